The van der Waals surface area contributed by atoms with E-state index in [-0.39, 0.29) is 5.91 Å². The predicted molar refractivity (Wildman–Crippen MR) is 83.6 cm³/mol. The van der Waals surface area contributed by atoms with Crippen molar-refractivity contribution in [3.63, 3.8) is 0 Å². The number of aromatic nitrogens is 1. The number of benzene rings is 1. The zero-order valence-corrected chi connectivity index (χ0v) is 12.5. The van der Waals surface area contributed by atoms with Crippen LogP contribution in [-0.2, 0) is 4.79 Å². The predicted octanol–water partition coefficient (Wildman–Crippen LogP) is 3.12. The van der Waals surface area contributed by atoms with Crippen molar-refractivity contribution < 1.29 is 4.79 Å². The van der Waals surface area contributed by atoms with Crippen LogP contribution in [0.1, 0.15) is 20.3 Å². The number of nitrogens with zero attached hydrogens (tertiary/aromatic N) is 1. The molecule has 4 nitrogen and oxygen atoms in total. The largest absolute Gasteiger partial charge is 0.325 e. The van der Waals surface area contributed by atoms with Crippen LogP contribution in [0.3, 0.4) is 0 Å². The maximum Gasteiger partial charge on any atom is 0.241 e. The summed E-state index contributed by atoms with van der Waals surface area (Å²) in [6, 6.07) is 7.18. The van der Waals surface area contributed by atoms with E-state index >= 15 is 0 Å². The van der Waals surface area contributed by atoms with Gasteiger partial charge in [0.2, 0.25) is 5.91 Å². The van der Waals surface area contributed by atoms with Crippen LogP contribution >= 0.6 is 11.3 Å². The van der Waals surface area contributed by atoms with Gasteiger partial charge < -0.3 is 11.1 Å². The molecule has 1 aromatic carbocycles. The molecule has 2 aromatic rings. The lowest BCUT2D eigenvalue weighted by molar-refractivity contribution is -0.117. The first kappa shape index (κ1) is 14.7. The Morgan fingerprint density at radius 1 is 1.45 bits per heavy atom. The van der Waals surface area contributed by atoms with Crippen molar-refractivity contribution in [2.24, 2.45) is 11.7 Å². The molecular weight excluding hydrogens is 270 g/mol. The van der Waals surface area contributed by atoms with Gasteiger partial charge in [-0.25, -0.2) is 4.98 Å². The molecule has 1 heterocycles. The van der Waals surface area contributed by atoms with E-state index in [1.807, 2.05) is 29.6 Å². The highest BCUT2D eigenvalue weighted by molar-refractivity contribution is 7.13. The second-order valence-corrected chi connectivity index (χ2v) is 6.04. The Hall–Kier alpha value is -1.72. The van der Waals surface area contributed by atoms with Gasteiger partial charge >= 0.3 is 0 Å². The molecule has 0 aliphatic rings. The van der Waals surface area contributed by atoms with E-state index in [0.717, 1.165) is 16.3 Å². The number of thiazole rings is 1. The average Bonchev–Trinajstić information content (AvgIpc) is 2.92. The Morgan fingerprint density at radius 3 is 2.90 bits per heavy atom. The Bertz CT molecular complexity index is 566. The number of hydrogen-bond donors (Lipinski definition) is 2. The first-order chi connectivity index (χ1) is 9.56. The lowest BCUT2D eigenvalue weighted by Gasteiger charge is -2.14. The summed E-state index contributed by atoms with van der Waals surface area (Å²) < 4.78 is 0. The number of nitrogens with two attached hydrogens (primary N) is 1. The second-order valence-electron chi connectivity index (χ2n) is 5.14. The molecule has 0 aliphatic heterocycles. The van der Waals surface area contributed by atoms with Crippen LogP contribution in [0.15, 0.2) is 35.8 Å². The summed E-state index contributed by atoms with van der Waals surface area (Å²) in [5, 5.41) is 5.73. The third kappa shape index (κ3) is 3.88. The molecule has 1 atom stereocenters. The molecule has 1 amide bonds. The molecule has 0 spiro atoms. The van der Waals surface area contributed by atoms with Crippen molar-refractivity contribution in [2.45, 2.75) is 26.3 Å². The van der Waals surface area contributed by atoms with E-state index in [9.17, 15) is 4.79 Å². The Balaban J connectivity index is 2.07. The number of carbonyl (C=O) groups excluding carboxylic acids is 1. The van der Waals surface area contributed by atoms with E-state index in [0.29, 0.717) is 12.3 Å². The van der Waals surface area contributed by atoms with E-state index in [2.05, 4.69) is 24.1 Å². The molecular formula is C15H19N3OS. The first-order valence-corrected chi connectivity index (χ1v) is 7.50. The lowest BCUT2D eigenvalue weighted by atomic mass is 10.0. The summed E-state index contributed by atoms with van der Waals surface area (Å²) in [6.07, 6.45) is 2.45. The summed E-state index contributed by atoms with van der Waals surface area (Å²) in [4.78, 5) is 16.3. The summed E-state index contributed by atoms with van der Waals surface area (Å²) in [6.45, 7) is 4.10. The Kier molecular flexibility index (Phi) is 4.87. The molecule has 2 rings (SSSR count). The molecule has 106 valence electrons. The van der Waals surface area contributed by atoms with Crippen LogP contribution in [0.5, 0.6) is 0 Å². The van der Waals surface area contributed by atoms with Crippen molar-refractivity contribution in [3.05, 3.63) is 35.8 Å². The fourth-order valence-electron chi connectivity index (χ4n) is 1.95. The molecule has 1 unspecified atom stereocenters. The molecule has 20 heavy (non-hydrogen) atoms. The highest BCUT2D eigenvalue weighted by Gasteiger charge is 2.15. The van der Waals surface area contributed by atoms with Gasteiger partial charge in [-0.2, -0.15) is 0 Å². The van der Waals surface area contributed by atoms with E-state index in [1.54, 1.807) is 17.5 Å². The third-order valence-corrected chi connectivity index (χ3v) is 3.69. The maximum absolute atomic E-state index is 12.0. The fraction of sp³-hybridized carbons (Fsp3) is 0.333. The number of carbonyl (C=O) groups is 1. The number of hydrogen-bond acceptors (Lipinski definition) is 4. The van der Waals surface area contributed by atoms with Crippen LogP contribution in [0.4, 0.5) is 5.69 Å². The highest BCUT2D eigenvalue weighted by atomic mass is 32.1. The van der Waals surface area contributed by atoms with Gasteiger partial charge in [0, 0.05) is 22.8 Å². The normalized spacial score (nSPS) is 12.4. The van der Waals surface area contributed by atoms with Crippen LogP contribution in [0.2, 0.25) is 0 Å². The van der Waals surface area contributed by atoms with Crippen molar-refractivity contribution >= 4 is 22.9 Å². The van der Waals surface area contributed by atoms with Gasteiger partial charge in [-0.3, -0.25) is 4.79 Å². The molecule has 1 aromatic heterocycles. The topological polar surface area (TPSA) is 68.0 Å². The minimum atomic E-state index is -0.474. The summed E-state index contributed by atoms with van der Waals surface area (Å²) >= 11 is 1.57. The van der Waals surface area contributed by atoms with Crippen molar-refractivity contribution in [3.8, 4) is 10.6 Å². The maximum atomic E-state index is 12.0. The van der Waals surface area contributed by atoms with Crippen LogP contribution < -0.4 is 11.1 Å². The molecule has 0 saturated heterocycles. The summed E-state index contributed by atoms with van der Waals surface area (Å²) in [5.74, 6) is 0.257. The Morgan fingerprint density at radius 2 is 2.25 bits per heavy atom. The van der Waals surface area contributed by atoms with Gasteiger partial charge in [0.15, 0.2) is 0 Å². The summed E-state index contributed by atoms with van der Waals surface area (Å²) in [5.41, 5.74) is 7.62. The molecule has 3 N–H and O–H groups in total. The first-order valence-electron chi connectivity index (χ1n) is 6.62. The van der Waals surface area contributed by atoms with E-state index in [4.69, 9.17) is 5.73 Å². The van der Waals surface area contributed by atoms with Crippen molar-refractivity contribution in [1.29, 1.82) is 0 Å². The Labute approximate surface area is 123 Å². The van der Waals surface area contributed by atoms with Gasteiger partial charge in [-0.05, 0) is 24.5 Å². The van der Waals surface area contributed by atoms with E-state index < -0.39 is 6.04 Å². The zero-order valence-electron chi connectivity index (χ0n) is 11.7. The quantitative estimate of drug-likeness (QED) is 0.888. The van der Waals surface area contributed by atoms with Gasteiger partial charge in [-0.15, -0.1) is 11.3 Å². The minimum absolute atomic E-state index is 0.144. The minimum Gasteiger partial charge on any atom is -0.325 e. The van der Waals surface area contributed by atoms with Gasteiger partial charge in [-0.1, -0.05) is 26.0 Å². The average molecular weight is 289 g/mol. The molecule has 0 radical (unpaired) electrons. The highest BCUT2D eigenvalue weighted by Crippen LogP contribution is 2.24. The fourth-order valence-corrected chi connectivity index (χ4v) is 2.58. The van der Waals surface area contributed by atoms with E-state index in [1.165, 1.54) is 0 Å². The SMILES string of the molecule is CC(C)CC(N)C(=O)Nc1cccc(-c2nccs2)c1. The van der Waals surface area contributed by atoms with Crippen LogP contribution in [0.25, 0.3) is 10.6 Å². The lowest BCUT2D eigenvalue weighted by Crippen LogP contribution is -2.36. The number of nitrogens with one attached hydrogen (secondary N) is 1. The second kappa shape index (κ2) is 6.63. The van der Waals surface area contributed by atoms with Crippen molar-refractivity contribution in [1.82, 2.24) is 4.98 Å². The monoisotopic (exact) mass is 289 g/mol. The van der Waals surface area contributed by atoms with Gasteiger partial charge in [0.25, 0.3) is 0 Å². The molecule has 0 saturated carbocycles. The zero-order chi connectivity index (χ0) is 14.5. The molecule has 5 heteroatoms. The number of anilines is 1. The van der Waals surface area contributed by atoms with Gasteiger partial charge in [0.05, 0.1) is 6.04 Å². The molecule has 0 fully saturated rings. The van der Waals surface area contributed by atoms with Crippen molar-refractivity contribution in [2.75, 3.05) is 5.32 Å². The smallest absolute Gasteiger partial charge is 0.241 e. The summed E-state index contributed by atoms with van der Waals surface area (Å²) in [7, 11) is 0. The standard InChI is InChI=1S/C15H19N3OS/c1-10(2)8-13(16)14(19)18-12-5-3-4-11(9-12)15-17-6-7-20-15/h3-7,9-10,13H,8,16H2,1-2H3,(H,18,19). The third-order valence-electron chi connectivity index (χ3n) is 2.87. The van der Waals surface area contributed by atoms with Crippen LogP contribution in [0, 0.1) is 5.92 Å². The number of amides is 1. The molecule has 0 bridgehead atoms. The van der Waals surface area contributed by atoms with Crippen LogP contribution in [-0.4, -0.2) is 16.9 Å². The molecule has 0 aliphatic carbocycles. The van der Waals surface area contributed by atoms with Gasteiger partial charge in [0.1, 0.15) is 5.01 Å². The number of rotatable bonds is 5.